The average Bonchev–Trinajstić information content (AvgIpc) is 2.76. The average molecular weight is 438 g/mol. The Morgan fingerprint density at radius 1 is 1.13 bits per heavy atom. The second-order valence-corrected chi connectivity index (χ2v) is 10.9. The molecule has 0 amide bonds. The highest BCUT2D eigenvalue weighted by Crippen LogP contribution is 2.30. The predicted molar refractivity (Wildman–Crippen MR) is 129 cm³/mol. The molecule has 0 aliphatic carbocycles. The summed E-state index contributed by atoms with van der Waals surface area (Å²) in [5.41, 5.74) is 3.13. The minimum Gasteiger partial charge on any atom is -0.435 e. The largest absolute Gasteiger partial charge is 0.435 e. The lowest BCUT2D eigenvalue weighted by Crippen LogP contribution is -2.12. The first-order valence-electron chi connectivity index (χ1n) is 11.1. The summed E-state index contributed by atoms with van der Waals surface area (Å²) in [6.45, 7) is 12.1. The van der Waals surface area contributed by atoms with Gasteiger partial charge in [-0.15, -0.1) is 0 Å². The zero-order chi connectivity index (χ0) is 23.7. The van der Waals surface area contributed by atoms with Gasteiger partial charge in [-0.3, -0.25) is 9.79 Å². The predicted octanol–water partition coefficient (Wildman–Crippen LogP) is 8.64. The zero-order valence-electron chi connectivity index (χ0n) is 20.2. The molecule has 176 valence electrons. The Bertz CT molecular complexity index is 769. The van der Waals surface area contributed by atoms with Gasteiger partial charge in [0.2, 0.25) is 0 Å². The number of Topliss-reactive ketones (excluding diaryl/α,β-unsaturated/α-hetero) is 1. The van der Waals surface area contributed by atoms with Crippen LogP contribution in [0.25, 0.3) is 6.08 Å². The van der Waals surface area contributed by atoms with Crippen LogP contribution in [-0.2, 0) is 4.79 Å². The molecule has 1 aromatic carbocycles. The number of benzene rings is 1. The van der Waals surface area contributed by atoms with Crippen LogP contribution in [0.1, 0.15) is 94.0 Å². The van der Waals surface area contributed by atoms with Gasteiger partial charge in [0.15, 0.2) is 0 Å². The molecule has 5 heteroatoms. The SMILES string of the molecule is CC(C)(C)C.CC(C)(C)CC(=O)CCCCC1=Nc2ccc(OC(F)F)cc2C=CC1.[HH]. The smallest absolute Gasteiger partial charge is 0.387 e. The number of fused-ring (bicyclic) bond motifs is 1. The second-order valence-electron chi connectivity index (χ2n) is 10.9. The summed E-state index contributed by atoms with van der Waals surface area (Å²) in [6, 6.07) is 4.79. The molecular formula is C26H41F2NO2. The van der Waals surface area contributed by atoms with Crippen molar-refractivity contribution in [2.75, 3.05) is 0 Å². The Labute approximate surface area is 188 Å². The van der Waals surface area contributed by atoms with Crippen LogP contribution in [0.15, 0.2) is 29.3 Å². The molecule has 0 aromatic heterocycles. The number of carbonyl (C=O) groups excluding carboxylic acids is 1. The van der Waals surface area contributed by atoms with E-state index in [9.17, 15) is 13.6 Å². The van der Waals surface area contributed by atoms with Crippen LogP contribution >= 0.6 is 0 Å². The number of unbranched alkanes of at least 4 members (excludes halogenated alkanes) is 1. The van der Waals surface area contributed by atoms with Crippen molar-refractivity contribution in [1.82, 2.24) is 0 Å². The lowest BCUT2D eigenvalue weighted by Gasteiger charge is -2.16. The number of aliphatic imine (C=N–C) groups is 1. The van der Waals surface area contributed by atoms with E-state index in [1.165, 1.54) is 6.07 Å². The minimum atomic E-state index is -2.83. The standard InChI is InChI=1S/C21H27F2NO2.C5H12.H2/c1-21(2,3)14-17(25)10-5-4-8-16-9-6-7-15-13-18(26-20(22)23)11-12-19(15)24-16;1-5(2,3)4;/h6-7,11-13,20H,4-5,8-10,14H2,1-3H3;1-4H3;1H. The van der Waals surface area contributed by atoms with E-state index in [1.807, 2.05) is 12.2 Å². The van der Waals surface area contributed by atoms with Crippen LogP contribution in [0, 0.1) is 10.8 Å². The molecule has 0 saturated heterocycles. The molecule has 3 nitrogen and oxygen atoms in total. The third-order valence-corrected chi connectivity index (χ3v) is 4.05. The van der Waals surface area contributed by atoms with E-state index in [0.717, 1.165) is 42.6 Å². The zero-order valence-corrected chi connectivity index (χ0v) is 20.2. The van der Waals surface area contributed by atoms with Crippen molar-refractivity contribution in [2.24, 2.45) is 15.8 Å². The Morgan fingerprint density at radius 2 is 1.77 bits per heavy atom. The number of nitrogens with zero attached hydrogens (tertiary/aromatic N) is 1. The first kappa shape index (κ1) is 27.0. The molecule has 0 radical (unpaired) electrons. The fraction of sp³-hybridized carbons (Fsp3) is 0.615. The van der Waals surface area contributed by atoms with Gasteiger partial charge >= 0.3 is 6.61 Å². The fourth-order valence-corrected chi connectivity index (χ4v) is 2.97. The lowest BCUT2D eigenvalue weighted by atomic mass is 9.88. The number of ketones is 1. The van der Waals surface area contributed by atoms with Crippen molar-refractivity contribution in [1.29, 1.82) is 0 Å². The molecule has 1 aromatic rings. The van der Waals surface area contributed by atoms with Gasteiger partial charge in [0.1, 0.15) is 11.5 Å². The van der Waals surface area contributed by atoms with Gasteiger partial charge in [-0.2, -0.15) is 8.78 Å². The quantitative estimate of drug-likeness (QED) is 0.382. The van der Waals surface area contributed by atoms with Gasteiger partial charge in [0.05, 0.1) is 5.69 Å². The second kappa shape index (κ2) is 12.1. The first-order chi connectivity index (χ1) is 14.2. The summed E-state index contributed by atoms with van der Waals surface area (Å²) in [4.78, 5) is 16.6. The summed E-state index contributed by atoms with van der Waals surface area (Å²) >= 11 is 0. The number of hydrogen-bond acceptors (Lipinski definition) is 3. The van der Waals surface area contributed by atoms with Crippen molar-refractivity contribution >= 4 is 23.3 Å². The molecule has 1 aliphatic rings. The summed E-state index contributed by atoms with van der Waals surface area (Å²) in [5, 5.41) is 0. The summed E-state index contributed by atoms with van der Waals surface area (Å²) in [5.74, 6) is 0.455. The third kappa shape index (κ3) is 13.8. The summed E-state index contributed by atoms with van der Waals surface area (Å²) in [6.07, 6.45) is 8.46. The molecule has 2 rings (SSSR count). The number of allylic oxidation sites excluding steroid dienone is 1. The van der Waals surface area contributed by atoms with E-state index in [1.54, 1.807) is 12.1 Å². The van der Waals surface area contributed by atoms with E-state index < -0.39 is 6.61 Å². The van der Waals surface area contributed by atoms with Crippen molar-refractivity contribution in [3.05, 3.63) is 29.8 Å². The molecule has 0 saturated carbocycles. The van der Waals surface area contributed by atoms with E-state index in [2.05, 4.69) is 58.2 Å². The molecule has 1 aliphatic heterocycles. The van der Waals surface area contributed by atoms with Crippen LogP contribution in [-0.4, -0.2) is 18.1 Å². The Kier molecular flexibility index (Phi) is 10.5. The van der Waals surface area contributed by atoms with Crippen LogP contribution in [0.4, 0.5) is 14.5 Å². The Hall–Kier alpha value is -2.04. The number of halogens is 2. The summed E-state index contributed by atoms with van der Waals surface area (Å²) in [7, 11) is 0. The highest BCUT2D eigenvalue weighted by molar-refractivity contribution is 5.91. The number of ether oxygens (including phenoxy) is 1. The van der Waals surface area contributed by atoms with Crippen molar-refractivity contribution in [3.63, 3.8) is 0 Å². The molecule has 0 unspecified atom stereocenters. The third-order valence-electron chi connectivity index (χ3n) is 4.05. The minimum absolute atomic E-state index is 0. The molecule has 0 spiro atoms. The van der Waals surface area contributed by atoms with Crippen LogP contribution in [0.3, 0.4) is 0 Å². The molecule has 1 heterocycles. The Morgan fingerprint density at radius 3 is 2.35 bits per heavy atom. The van der Waals surface area contributed by atoms with Gasteiger partial charge in [0.25, 0.3) is 0 Å². The van der Waals surface area contributed by atoms with Gasteiger partial charge in [-0.25, -0.2) is 0 Å². The van der Waals surface area contributed by atoms with Crippen LogP contribution < -0.4 is 4.74 Å². The lowest BCUT2D eigenvalue weighted by molar-refractivity contribution is -0.120. The van der Waals surface area contributed by atoms with Crippen molar-refractivity contribution in [2.45, 2.75) is 93.6 Å². The molecule has 0 N–H and O–H groups in total. The van der Waals surface area contributed by atoms with Crippen LogP contribution in [0.2, 0.25) is 0 Å². The number of hydrogen-bond donors (Lipinski definition) is 0. The molecule has 0 fully saturated rings. The maximum atomic E-state index is 12.3. The van der Waals surface area contributed by atoms with Crippen molar-refractivity contribution in [3.8, 4) is 5.75 Å². The highest BCUT2D eigenvalue weighted by atomic mass is 19.3. The number of rotatable bonds is 8. The van der Waals surface area contributed by atoms with Crippen molar-refractivity contribution < 1.29 is 19.7 Å². The van der Waals surface area contributed by atoms with Crippen LogP contribution in [0.5, 0.6) is 5.75 Å². The van der Waals surface area contributed by atoms with E-state index in [-0.39, 0.29) is 12.6 Å². The van der Waals surface area contributed by atoms with Gasteiger partial charge < -0.3 is 4.74 Å². The molecular weight excluding hydrogens is 396 g/mol. The van der Waals surface area contributed by atoms with E-state index >= 15 is 0 Å². The monoisotopic (exact) mass is 437 g/mol. The van der Waals surface area contributed by atoms with Gasteiger partial charge in [-0.1, -0.05) is 60.6 Å². The number of carbonyl (C=O) groups is 1. The number of alkyl halides is 2. The molecule has 0 bridgehead atoms. The van der Waals surface area contributed by atoms with Gasteiger partial charge in [-0.05, 0) is 48.3 Å². The Balaban J connectivity index is 0.00000144. The van der Waals surface area contributed by atoms with Gasteiger partial charge in [0, 0.05) is 32.0 Å². The first-order valence-corrected chi connectivity index (χ1v) is 11.1. The fourth-order valence-electron chi connectivity index (χ4n) is 2.97. The topological polar surface area (TPSA) is 38.7 Å². The maximum absolute atomic E-state index is 12.3. The normalized spacial score (nSPS) is 13.7. The van der Waals surface area contributed by atoms with E-state index in [0.29, 0.717) is 24.0 Å². The highest BCUT2D eigenvalue weighted by Gasteiger charge is 2.15. The molecule has 31 heavy (non-hydrogen) atoms. The molecule has 0 atom stereocenters. The summed E-state index contributed by atoms with van der Waals surface area (Å²) < 4.78 is 29.1. The van der Waals surface area contributed by atoms with E-state index in [4.69, 9.17) is 0 Å². The maximum Gasteiger partial charge on any atom is 0.387 e.